The molecule has 116 valence electrons. The molecular weight excluding hydrogens is 260 g/mol. The van der Waals surface area contributed by atoms with Crippen LogP contribution >= 0.6 is 0 Å². The minimum absolute atomic E-state index is 0.0614. The molecule has 0 heterocycles. The Hall–Kier alpha value is -1.41. The van der Waals surface area contributed by atoms with Crippen LogP contribution in [-0.2, 0) is 4.79 Å². The van der Waals surface area contributed by atoms with Crippen LogP contribution in [0.5, 0.6) is 0 Å². The van der Waals surface area contributed by atoms with Crippen LogP contribution in [0.15, 0.2) is 47.1 Å². The van der Waals surface area contributed by atoms with E-state index in [1.54, 1.807) is 19.1 Å². The lowest BCUT2D eigenvalue weighted by molar-refractivity contribution is -0.112. The summed E-state index contributed by atoms with van der Waals surface area (Å²) in [5, 5.41) is 9.89. The van der Waals surface area contributed by atoms with Crippen molar-refractivity contribution in [1.29, 1.82) is 0 Å². The number of aliphatic hydroxyl groups is 1. The highest BCUT2D eigenvalue weighted by molar-refractivity contribution is 5.87. The second-order valence-corrected chi connectivity index (χ2v) is 6.69. The molecule has 1 N–H and O–H groups in total. The van der Waals surface area contributed by atoms with E-state index in [0.717, 1.165) is 24.8 Å². The van der Waals surface area contributed by atoms with Gasteiger partial charge in [0.2, 0.25) is 0 Å². The van der Waals surface area contributed by atoms with Crippen molar-refractivity contribution in [2.24, 2.45) is 5.41 Å². The predicted molar refractivity (Wildman–Crippen MR) is 89.1 cm³/mol. The summed E-state index contributed by atoms with van der Waals surface area (Å²) in [5.74, 6) is 0.0614. The van der Waals surface area contributed by atoms with Crippen LogP contribution < -0.4 is 0 Å². The second-order valence-electron chi connectivity index (χ2n) is 6.69. The van der Waals surface area contributed by atoms with Crippen LogP contribution in [0.3, 0.4) is 0 Å². The lowest BCUT2D eigenvalue weighted by atomic mass is 9.70. The Morgan fingerprint density at radius 1 is 1.33 bits per heavy atom. The van der Waals surface area contributed by atoms with Crippen molar-refractivity contribution in [3.8, 4) is 0 Å². The topological polar surface area (TPSA) is 37.3 Å². The summed E-state index contributed by atoms with van der Waals surface area (Å²) in [4.78, 5) is 10.8. The third-order valence-corrected chi connectivity index (χ3v) is 4.01. The first-order valence-corrected chi connectivity index (χ1v) is 7.61. The first-order chi connectivity index (χ1) is 9.72. The zero-order valence-electron chi connectivity index (χ0n) is 13.9. The number of carbonyl (C=O) groups excluding carboxylic acids is 1. The fourth-order valence-corrected chi connectivity index (χ4v) is 3.04. The van der Waals surface area contributed by atoms with Gasteiger partial charge in [-0.15, -0.1) is 0 Å². The summed E-state index contributed by atoms with van der Waals surface area (Å²) in [7, 11) is 0. The summed E-state index contributed by atoms with van der Waals surface area (Å²) < 4.78 is 0. The molecule has 0 unspecified atom stereocenters. The third-order valence-electron chi connectivity index (χ3n) is 4.01. The van der Waals surface area contributed by atoms with Gasteiger partial charge in [0.25, 0.3) is 0 Å². The summed E-state index contributed by atoms with van der Waals surface area (Å²) in [5.41, 5.74) is 3.95. The van der Waals surface area contributed by atoms with E-state index in [1.807, 2.05) is 13.0 Å². The SMILES string of the molecule is CC(=O)/C=C/C=C(C)/C=C/CC1=C(C)C[C@@H](O)CC1(C)C. The molecule has 0 aliphatic heterocycles. The molecule has 1 aliphatic rings. The van der Waals surface area contributed by atoms with Crippen LogP contribution in [0, 0.1) is 5.41 Å². The zero-order valence-corrected chi connectivity index (χ0v) is 13.9. The van der Waals surface area contributed by atoms with Gasteiger partial charge in [0, 0.05) is 0 Å². The molecule has 0 bridgehead atoms. The summed E-state index contributed by atoms with van der Waals surface area (Å²) in [6.07, 6.45) is 11.9. The Morgan fingerprint density at radius 2 is 2.00 bits per heavy atom. The molecule has 0 fully saturated rings. The third kappa shape index (κ3) is 5.84. The maximum Gasteiger partial charge on any atom is 0.152 e. The number of rotatable bonds is 5. The van der Waals surface area contributed by atoms with Gasteiger partial charge in [-0.05, 0) is 51.5 Å². The van der Waals surface area contributed by atoms with Crippen molar-refractivity contribution in [2.75, 3.05) is 0 Å². The largest absolute Gasteiger partial charge is 0.393 e. The monoisotopic (exact) mass is 288 g/mol. The van der Waals surface area contributed by atoms with Gasteiger partial charge in [-0.1, -0.05) is 54.9 Å². The molecule has 1 rings (SSSR count). The van der Waals surface area contributed by atoms with Gasteiger partial charge in [-0.3, -0.25) is 4.79 Å². The van der Waals surface area contributed by atoms with E-state index in [4.69, 9.17) is 0 Å². The number of hydrogen-bond acceptors (Lipinski definition) is 2. The van der Waals surface area contributed by atoms with Crippen molar-refractivity contribution >= 4 is 5.78 Å². The Balaban J connectivity index is 2.71. The average molecular weight is 288 g/mol. The fourth-order valence-electron chi connectivity index (χ4n) is 3.04. The quantitative estimate of drug-likeness (QED) is 0.459. The van der Waals surface area contributed by atoms with Crippen molar-refractivity contribution in [2.45, 2.75) is 60.0 Å². The molecule has 0 saturated heterocycles. The molecule has 0 aromatic rings. The first-order valence-electron chi connectivity index (χ1n) is 7.61. The molecule has 0 aromatic carbocycles. The van der Waals surface area contributed by atoms with Gasteiger partial charge in [0.1, 0.15) is 0 Å². The molecule has 0 saturated carbocycles. The number of ketones is 1. The van der Waals surface area contributed by atoms with E-state index in [9.17, 15) is 9.90 Å². The summed E-state index contributed by atoms with van der Waals surface area (Å²) >= 11 is 0. The van der Waals surface area contributed by atoms with Gasteiger partial charge >= 0.3 is 0 Å². The molecule has 1 aliphatic carbocycles. The Kier molecular flexibility index (Phi) is 6.35. The Labute approximate surface area is 128 Å². The van der Waals surface area contributed by atoms with Gasteiger partial charge in [0.15, 0.2) is 5.78 Å². The molecule has 21 heavy (non-hydrogen) atoms. The van der Waals surface area contributed by atoms with Gasteiger partial charge in [-0.2, -0.15) is 0 Å². The van der Waals surface area contributed by atoms with Crippen LogP contribution in [0.1, 0.15) is 53.9 Å². The Morgan fingerprint density at radius 3 is 2.57 bits per heavy atom. The second kappa shape index (κ2) is 7.56. The minimum Gasteiger partial charge on any atom is -0.393 e. The highest BCUT2D eigenvalue weighted by Gasteiger charge is 2.31. The maximum absolute atomic E-state index is 10.8. The molecule has 0 amide bonds. The van der Waals surface area contributed by atoms with E-state index in [1.165, 1.54) is 11.1 Å². The standard InChI is InChI=1S/C19H28O2/c1-14(8-6-10-16(3)20)9-7-11-18-15(2)12-17(21)13-19(18,4)5/h6-10,17,21H,11-13H2,1-5H3/b9-7+,10-6+,14-8+/t17-/m1/s1. The zero-order chi connectivity index (χ0) is 16.0. The molecule has 2 nitrogen and oxygen atoms in total. The number of hydrogen-bond donors (Lipinski definition) is 1. The van der Waals surface area contributed by atoms with Crippen molar-refractivity contribution in [3.63, 3.8) is 0 Å². The molecule has 0 radical (unpaired) electrons. The van der Waals surface area contributed by atoms with Gasteiger partial charge in [0.05, 0.1) is 6.10 Å². The molecule has 0 spiro atoms. The van der Waals surface area contributed by atoms with Gasteiger partial charge < -0.3 is 5.11 Å². The minimum atomic E-state index is -0.203. The van der Waals surface area contributed by atoms with Crippen LogP contribution in [-0.4, -0.2) is 17.0 Å². The fraction of sp³-hybridized carbons (Fsp3) is 0.526. The average Bonchev–Trinajstić information content (AvgIpc) is 2.31. The maximum atomic E-state index is 10.8. The van der Waals surface area contributed by atoms with Crippen molar-refractivity contribution in [3.05, 3.63) is 47.1 Å². The smallest absolute Gasteiger partial charge is 0.152 e. The normalized spacial score (nSPS) is 23.3. The molecule has 2 heteroatoms. The lowest BCUT2D eigenvalue weighted by Crippen LogP contribution is -2.28. The van der Waals surface area contributed by atoms with E-state index >= 15 is 0 Å². The van der Waals surface area contributed by atoms with E-state index in [-0.39, 0.29) is 17.3 Å². The number of aliphatic hydroxyl groups excluding tert-OH is 1. The van der Waals surface area contributed by atoms with Crippen LogP contribution in [0.25, 0.3) is 0 Å². The summed E-state index contributed by atoms with van der Waals surface area (Å²) in [6.45, 7) is 10.1. The van der Waals surface area contributed by atoms with E-state index in [0.29, 0.717) is 0 Å². The highest BCUT2D eigenvalue weighted by atomic mass is 16.3. The van der Waals surface area contributed by atoms with E-state index in [2.05, 4.69) is 32.9 Å². The van der Waals surface area contributed by atoms with Crippen LogP contribution in [0.2, 0.25) is 0 Å². The van der Waals surface area contributed by atoms with Crippen molar-refractivity contribution in [1.82, 2.24) is 0 Å². The van der Waals surface area contributed by atoms with Crippen molar-refractivity contribution < 1.29 is 9.90 Å². The number of carbonyl (C=O) groups is 1. The highest BCUT2D eigenvalue weighted by Crippen LogP contribution is 2.42. The molecular formula is C19H28O2. The van der Waals surface area contributed by atoms with Gasteiger partial charge in [-0.25, -0.2) is 0 Å². The summed E-state index contributed by atoms with van der Waals surface area (Å²) in [6, 6.07) is 0. The molecule has 0 aromatic heterocycles. The Bertz CT molecular complexity index is 502. The van der Waals surface area contributed by atoms with Crippen LogP contribution in [0.4, 0.5) is 0 Å². The first kappa shape index (κ1) is 17.6. The predicted octanol–water partition coefficient (Wildman–Crippen LogP) is 4.52. The molecule has 1 atom stereocenters. The number of allylic oxidation sites excluding steroid dienone is 7. The van der Waals surface area contributed by atoms with E-state index < -0.39 is 0 Å². The lowest BCUT2D eigenvalue weighted by Gasteiger charge is -2.36.